The zero-order chi connectivity index (χ0) is 11.3. The van der Waals surface area contributed by atoms with Gasteiger partial charge in [-0.25, -0.2) is 0 Å². The highest BCUT2D eigenvalue weighted by Crippen LogP contribution is 2.08. The van der Waals surface area contributed by atoms with Crippen molar-refractivity contribution in [1.29, 1.82) is 0 Å². The van der Waals surface area contributed by atoms with Gasteiger partial charge in [0, 0.05) is 25.0 Å². The molecule has 0 aromatic carbocycles. The van der Waals surface area contributed by atoms with Crippen LogP contribution in [0.15, 0.2) is 0 Å². The molecule has 4 heteroatoms. The molecule has 0 spiro atoms. The first kappa shape index (κ1) is 12.5. The summed E-state index contributed by atoms with van der Waals surface area (Å²) in [6.45, 7) is 4.63. The van der Waals surface area contributed by atoms with Gasteiger partial charge < -0.3 is 15.7 Å². The Morgan fingerprint density at radius 3 is 3.00 bits per heavy atom. The maximum atomic E-state index is 11.3. The van der Waals surface area contributed by atoms with E-state index >= 15 is 0 Å². The molecule has 0 saturated carbocycles. The van der Waals surface area contributed by atoms with E-state index in [0.717, 1.165) is 25.8 Å². The Balaban J connectivity index is 2.32. The van der Waals surface area contributed by atoms with Crippen molar-refractivity contribution in [1.82, 2.24) is 10.6 Å². The topological polar surface area (TPSA) is 61.4 Å². The quantitative estimate of drug-likeness (QED) is 0.635. The van der Waals surface area contributed by atoms with Crippen molar-refractivity contribution >= 4 is 5.91 Å². The Morgan fingerprint density at radius 2 is 2.33 bits per heavy atom. The number of amides is 1. The van der Waals surface area contributed by atoms with E-state index in [2.05, 4.69) is 17.6 Å². The smallest absolute Gasteiger partial charge is 0.221 e. The highest BCUT2D eigenvalue weighted by Gasteiger charge is 2.19. The summed E-state index contributed by atoms with van der Waals surface area (Å²) >= 11 is 0. The van der Waals surface area contributed by atoms with Crippen molar-refractivity contribution in [3.63, 3.8) is 0 Å². The maximum absolute atomic E-state index is 11.3. The van der Waals surface area contributed by atoms with Crippen molar-refractivity contribution in [2.45, 2.75) is 57.7 Å². The second-order valence-electron chi connectivity index (χ2n) is 4.55. The molecule has 0 radical (unpaired) electrons. The molecule has 0 aromatic rings. The van der Waals surface area contributed by atoms with E-state index in [9.17, 15) is 9.90 Å². The third kappa shape index (κ3) is 5.14. The minimum atomic E-state index is -0.285. The van der Waals surface area contributed by atoms with Crippen LogP contribution in [-0.4, -0.2) is 35.7 Å². The monoisotopic (exact) mass is 214 g/mol. The molecule has 0 aliphatic carbocycles. The SMILES string of the molecule is CC(O)CC(C)NC1CCCNC(=O)C1. The summed E-state index contributed by atoms with van der Waals surface area (Å²) in [6.07, 6.45) is 3.07. The number of aliphatic hydroxyl groups excluding tert-OH is 1. The first-order valence-electron chi connectivity index (χ1n) is 5.78. The summed E-state index contributed by atoms with van der Waals surface area (Å²) in [5.41, 5.74) is 0. The molecule has 1 aliphatic heterocycles. The summed E-state index contributed by atoms with van der Waals surface area (Å²) in [4.78, 5) is 11.3. The number of carbonyl (C=O) groups excluding carboxylic acids is 1. The third-order valence-corrected chi connectivity index (χ3v) is 2.70. The average molecular weight is 214 g/mol. The van der Waals surface area contributed by atoms with Crippen LogP contribution in [0.1, 0.15) is 39.5 Å². The average Bonchev–Trinajstić information content (AvgIpc) is 2.28. The molecule has 3 N–H and O–H groups in total. The number of aliphatic hydroxyl groups is 1. The van der Waals surface area contributed by atoms with E-state index < -0.39 is 0 Å². The molecule has 1 saturated heterocycles. The molecule has 1 heterocycles. The summed E-state index contributed by atoms with van der Waals surface area (Å²) < 4.78 is 0. The molecule has 3 atom stereocenters. The van der Waals surface area contributed by atoms with Gasteiger partial charge in [0.25, 0.3) is 0 Å². The highest BCUT2D eigenvalue weighted by molar-refractivity contribution is 5.76. The van der Waals surface area contributed by atoms with Gasteiger partial charge in [0.2, 0.25) is 5.91 Å². The molecule has 4 nitrogen and oxygen atoms in total. The first-order chi connectivity index (χ1) is 7.08. The molecule has 1 rings (SSSR count). The molecular weight excluding hydrogens is 192 g/mol. The minimum Gasteiger partial charge on any atom is -0.393 e. The van der Waals surface area contributed by atoms with E-state index in [1.54, 1.807) is 6.92 Å². The fraction of sp³-hybridized carbons (Fsp3) is 0.909. The van der Waals surface area contributed by atoms with Gasteiger partial charge in [0.05, 0.1) is 6.10 Å². The first-order valence-corrected chi connectivity index (χ1v) is 5.78. The molecular formula is C11H22N2O2. The van der Waals surface area contributed by atoms with Crippen molar-refractivity contribution in [3.8, 4) is 0 Å². The van der Waals surface area contributed by atoms with Gasteiger partial charge in [-0.1, -0.05) is 0 Å². The largest absolute Gasteiger partial charge is 0.393 e. The Hall–Kier alpha value is -0.610. The van der Waals surface area contributed by atoms with Crippen molar-refractivity contribution in [2.24, 2.45) is 0 Å². The summed E-state index contributed by atoms with van der Waals surface area (Å²) in [6, 6.07) is 0.530. The fourth-order valence-corrected chi connectivity index (χ4v) is 2.10. The number of carbonyl (C=O) groups is 1. The predicted octanol–water partition coefficient (Wildman–Crippen LogP) is 0.404. The Labute approximate surface area is 91.4 Å². The van der Waals surface area contributed by atoms with Crippen LogP contribution in [0.5, 0.6) is 0 Å². The molecule has 1 aliphatic rings. The van der Waals surface area contributed by atoms with Gasteiger partial charge in [-0.15, -0.1) is 0 Å². The highest BCUT2D eigenvalue weighted by atomic mass is 16.3. The molecule has 0 aromatic heterocycles. The third-order valence-electron chi connectivity index (χ3n) is 2.70. The molecule has 3 unspecified atom stereocenters. The second kappa shape index (κ2) is 6.08. The van der Waals surface area contributed by atoms with Crippen LogP contribution in [0.3, 0.4) is 0 Å². The van der Waals surface area contributed by atoms with Crippen molar-refractivity contribution in [2.75, 3.05) is 6.54 Å². The number of hydrogen-bond acceptors (Lipinski definition) is 3. The van der Waals surface area contributed by atoms with Crippen LogP contribution in [0.25, 0.3) is 0 Å². The zero-order valence-electron chi connectivity index (χ0n) is 9.62. The summed E-state index contributed by atoms with van der Waals surface area (Å²) in [5, 5.41) is 15.5. The Bertz CT molecular complexity index is 207. The minimum absolute atomic E-state index is 0.134. The van der Waals surface area contributed by atoms with E-state index in [0.29, 0.717) is 6.42 Å². The lowest BCUT2D eigenvalue weighted by atomic mass is 10.1. The number of hydrogen-bond donors (Lipinski definition) is 3. The van der Waals surface area contributed by atoms with Crippen LogP contribution in [0.2, 0.25) is 0 Å². The predicted molar refractivity (Wildman–Crippen MR) is 59.5 cm³/mol. The van der Waals surface area contributed by atoms with Crippen LogP contribution in [0.4, 0.5) is 0 Å². The second-order valence-corrected chi connectivity index (χ2v) is 4.55. The summed E-state index contributed by atoms with van der Waals surface area (Å²) in [5.74, 6) is 0.134. The van der Waals surface area contributed by atoms with Crippen LogP contribution < -0.4 is 10.6 Å². The van der Waals surface area contributed by atoms with Crippen LogP contribution in [0, 0.1) is 0 Å². The van der Waals surface area contributed by atoms with E-state index in [4.69, 9.17) is 0 Å². The molecule has 15 heavy (non-hydrogen) atoms. The van der Waals surface area contributed by atoms with Crippen molar-refractivity contribution in [3.05, 3.63) is 0 Å². The Kier molecular flexibility index (Phi) is 5.05. The number of nitrogens with one attached hydrogen (secondary N) is 2. The van der Waals surface area contributed by atoms with Crippen LogP contribution >= 0.6 is 0 Å². The summed E-state index contributed by atoms with van der Waals surface area (Å²) in [7, 11) is 0. The number of rotatable bonds is 4. The van der Waals surface area contributed by atoms with Gasteiger partial charge in [-0.05, 0) is 33.1 Å². The standard InChI is InChI=1S/C11H22N2O2/c1-8(6-9(2)14)13-10-4-3-5-12-11(15)7-10/h8-10,13-14H,3-7H2,1-2H3,(H,12,15). The van der Waals surface area contributed by atoms with Gasteiger partial charge >= 0.3 is 0 Å². The van der Waals surface area contributed by atoms with Gasteiger partial charge in [0.1, 0.15) is 0 Å². The van der Waals surface area contributed by atoms with Gasteiger partial charge in [0.15, 0.2) is 0 Å². The van der Waals surface area contributed by atoms with E-state index in [1.165, 1.54) is 0 Å². The molecule has 0 bridgehead atoms. The van der Waals surface area contributed by atoms with E-state index in [-0.39, 0.29) is 24.1 Å². The lowest BCUT2D eigenvalue weighted by Crippen LogP contribution is -2.39. The van der Waals surface area contributed by atoms with Crippen LogP contribution in [-0.2, 0) is 4.79 Å². The molecule has 1 fully saturated rings. The molecule has 88 valence electrons. The lowest BCUT2D eigenvalue weighted by Gasteiger charge is -2.22. The maximum Gasteiger partial charge on any atom is 0.221 e. The van der Waals surface area contributed by atoms with Crippen molar-refractivity contribution < 1.29 is 9.90 Å². The molecule has 1 amide bonds. The van der Waals surface area contributed by atoms with Gasteiger partial charge in [-0.3, -0.25) is 4.79 Å². The Morgan fingerprint density at radius 1 is 1.60 bits per heavy atom. The fourth-order valence-electron chi connectivity index (χ4n) is 2.10. The van der Waals surface area contributed by atoms with Gasteiger partial charge in [-0.2, -0.15) is 0 Å². The zero-order valence-corrected chi connectivity index (χ0v) is 9.62. The van der Waals surface area contributed by atoms with E-state index in [1.807, 2.05) is 0 Å². The normalized spacial score (nSPS) is 26.6. The lowest BCUT2D eigenvalue weighted by molar-refractivity contribution is -0.121.